The number of non-ortho nitro benzene ring substituents is 1. The number of nitrogens with zero attached hydrogens (tertiary/aromatic N) is 3. The number of nitro groups is 1. The summed E-state index contributed by atoms with van der Waals surface area (Å²) in [4.78, 5) is 14.3. The van der Waals surface area contributed by atoms with Crippen LogP contribution in [0.1, 0.15) is 5.56 Å². The van der Waals surface area contributed by atoms with Crippen molar-refractivity contribution < 1.29 is 4.92 Å². The Morgan fingerprint density at radius 3 is 2.95 bits per heavy atom. The van der Waals surface area contributed by atoms with Crippen LogP contribution in [0.2, 0.25) is 0 Å². The van der Waals surface area contributed by atoms with E-state index in [1.165, 1.54) is 29.7 Å². The molecule has 0 saturated heterocycles. The van der Waals surface area contributed by atoms with Crippen LogP contribution in [-0.4, -0.2) is 16.1 Å². The Balaban J connectivity index is 2.12. The summed E-state index contributed by atoms with van der Waals surface area (Å²) in [5.74, 6) is 0.424. The van der Waals surface area contributed by atoms with Crippen LogP contribution in [0.25, 0.3) is 0 Å². The number of hydrogen-bond donors (Lipinski definition) is 2. The lowest BCUT2D eigenvalue weighted by atomic mass is 10.2. The minimum Gasteiger partial charge on any atom is -0.383 e. The number of rotatable bonds is 4. The summed E-state index contributed by atoms with van der Waals surface area (Å²) >= 11 is 3.34. The summed E-state index contributed by atoms with van der Waals surface area (Å²) in [7, 11) is 0. The second kappa shape index (κ2) is 5.93. The molecule has 0 aliphatic carbocycles. The third-order valence-electron chi connectivity index (χ3n) is 2.01. The molecule has 0 radical (unpaired) electrons. The van der Waals surface area contributed by atoms with Crippen LogP contribution in [0.5, 0.6) is 0 Å². The molecule has 1 heterocycles. The zero-order valence-electron chi connectivity index (χ0n) is 9.41. The van der Waals surface area contributed by atoms with E-state index < -0.39 is 4.92 Å². The number of nitrogens with one attached hydrogen (secondary N) is 1. The number of halogens is 1. The van der Waals surface area contributed by atoms with E-state index in [1.54, 1.807) is 11.4 Å². The molecule has 1 aromatic heterocycles. The Hall–Kier alpha value is -1.75. The van der Waals surface area contributed by atoms with Crippen molar-refractivity contribution in [2.45, 2.75) is 0 Å². The first kappa shape index (κ1) is 13.7. The van der Waals surface area contributed by atoms with Gasteiger partial charge in [-0.25, -0.2) is 4.98 Å². The van der Waals surface area contributed by atoms with Gasteiger partial charge in [-0.2, -0.15) is 5.10 Å². The second-order valence-electron chi connectivity index (χ2n) is 3.45. The van der Waals surface area contributed by atoms with Gasteiger partial charge in [-0.05, 0) is 28.7 Å². The molecule has 0 saturated carbocycles. The van der Waals surface area contributed by atoms with E-state index >= 15 is 0 Å². The number of hydrogen-bond acceptors (Lipinski definition) is 7. The molecule has 0 fully saturated rings. The van der Waals surface area contributed by atoms with Gasteiger partial charge < -0.3 is 5.73 Å². The fourth-order valence-electron chi connectivity index (χ4n) is 1.28. The fraction of sp³-hybridized carbons (Fsp3) is 0. The quantitative estimate of drug-likeness (QED) is 0.362. The highest BCUT2D eigenvalue weighted by molar-refractivity contribution is 14.1. The lowest BCUT2D eigenvalue weighted by Gasteiger charge is -1.97. The molecule has 0 bridgehead atoms. The summed E-state index contributed by atoms with van der Waals surface area (Å²) in [5, 5.41) is 16.9. The number of anilines is 2. The molecule has 9 heteroatoms. The SMILES string of the molecule is Nc1csc(NN=Cc2cc(I)cc([N+](=O)[O-])c2)n1. The van der Waals surface area contributed by atoms with Crippen LogP contribution in [-0.2, 0) is 0 Å². The molecule has 2 aromatic rings. The molecule has 2 rings (SSSR count). The van der Waals surface area contributed by atoms with Gasteiger partial charge >= 0.3 is 0 Å². The molecule has 0 unspecified atom stereocenters. The first-order valence-electron chi connectivity index (χ1n) is 4.99. The lowest BCUT2D eigenvalue weighted by Crippen LogP contribution is -1.94. The highest BCUT2D eigenvalue weighted by atomic mass is 127. The van der Waals surface area contributed by atoms with E-state index in [9.17, 15) is 10.1 Å². The summed E-state index contributed by atoms with van der Waals surface area (Å²) in [6.45, 7) is 0. The molecule has 0 atom stereocenters. The predicted molar refractivity (Wildman–Crippen MR) is 83.6 cm³/mol. The Morgan fingerprint density at radius 1 is 1.53 bits per heavy atom. The van der Waals surface area contributed by atoms with E-state index in [4.69, 9.17) is 5.73 Å². The molecule has 19 heavy (non-hydrogen) atoms. The van der Waals surface area contributed by atoms with Gasteiger partial charge in [0.2, 0.25) is 5.13 Å². The van der Waals surface area contributed by atoms with E-state index in [1.807, 2.05) is 22.6 Å². The van der Waals surface area contributed by atoms with Crippen molar-refractivity contribution >= 4 is 56.8 Å². The minimum atomic E-state index is -0.436. The van der Waals surface area contributed by atoms with Crippen LogP contribution in [0.15, 0.2) is 28.7 Å². The number of nitrogens with two attached hydrogens (primary N) is 1. The molecule has 1 aromatic carbocycles. The van der Waals surface area contributed by atoms with E-state index in [2.05, 4.69) is 15.5 Å². The molecule has 98 valence electrons. The molecular weight excluding hydrogens is 381 g/mol. The van der Waals surface area contributed by atoms with Gasteiger partial charge in [0.05, 0.1) is 11.1 Å². The number of thiazole rings is 1. The van der Waals surface area contributed by atoms with E-state index in [-0.39, 0.29) is 5.69 Å². The zero-order valence-corrected chi connectivity index (χ0v) is 12.4. The lowest BCUT2D eigenvalue weighted by molar-refractivity contribution is -0.384. The van der Waals surface area contributed by atoms with Gasteiger partial charge in [0.15, 0.2) is 0 Å². The van der Waals surface area contributed by atoms with Crippen LogP contribution in [0.4, 0.5) is 16.6 Å². The van der Waals surface area contributed by atoms with Crippen molar-refractivity contribution in [3.63, 3.8) is 0 Å². The molecule has 3 N–H and O–H groups in total. The highest BCUT2D eigenvalue weighted by Gasteiger charge is 2.07. The average Bonchev–Trinajstić information content (AvgIpc) is 2.74. The summed E-state index contributed by atoms with van der Waals surface area (Å²) < 4.78 is 0.770. The van der Waals surface area contributed by atoms with Gasteiger partial charge in [-0.1, -0.05) is 0 Å². The molecule has 0 amide bonds. The summed E-state index contributed by atoms with van der Waals surface area (Å²) in [5.41, 5.74) is 8.84. The van der Waals surface area contributed by atoms with Gasteiger partial charge in [0, 0.05) is 26.6 Å². The number of nitro benzene ring substituents is 1. The molecule has 7 nitrogen and oxygen atoms in total. The van der Waals surface area contributed by atoms with Gasteiger partial charge in [-0.15, -0.1) is 11.3 Å². The number of nitrogen functional groups attached to an aromatic ring is 1. The maximum atomic E-state index is 10.7. The minimum absolute atomic E-state index is 0.0341. The number of benzene rings is 1. The topological polar surface area (TPSA) is 106 Å². The average molecular weight is 389 g/mol. The Labute approximate surface area is 125 Å². The third-order valence-corrected chi connectivity index (χ3v) is 3.40. The highest BCUT2D eigenvalue weighted by Crippen LogP contribution is 2.18. The van der Waals surface area contributed by atoms with E-state index in [0.717, 1.165) is 3.57 Å². The normalized spacial score (nSPS) is 10.8. The van der Waals surface area contributed by atoms with Crippen molar-refractivity contribution in [1.82, 2.24) is 4.98 Å². The van der Waals surface area contributed by atoms with Gasteiger partial charge in [0.1, 0.15) is 5.82 Å². The van der Waals surface area contributed by atoms with Crippen LogP contribution in [0, 0.1) is 13.7 Å². The fourth-order valence-corrected chi connectivity index (χ4v) is 2.50. The van der Waals surface area contributed by atoms with Crippen LogP contribution < -0.4 is 11.2 Å². The van der Waals surface area contributed by atoms with Crippen molar-refractivity contribution in [1.29, 1.82) is 0 Å². The molecule has 0 spiro atoms. The second-order valence-corrected chi connectivity index (χ2v) is 5.55. The third kappa shape index (κ3) is 3.86. The van der Waals surface area contributed by atoms with Crippen LogP contribution in [0.3, 0.4) is 0 Å². The maximum Gasteiger partial charge on any atom is 0.271 e. The Morgan fingerprint density at radius 2 is 2.32 bits per heavy atom. The van der Waals surface area contributed by atoms with Crippen molar-refractivity contribution in [3.05, 3.63) is 42.8 Å². The predicted octanol–water partition coefficient (Wildman–Crippen LogP) is 2.68. The largest absolute Gasteiger partial charge is 0.383 e. The maximum absolute atomic E-state index is 10.7. The smallest absolute Gasteiger partial charge is 0.271 e. The summed E-state index contributed by atoms with van der Waals surface area (Å²) in [6, 6.07) is 4.73. The van der Waals surface area contributed by atoms with Crippen molar-refractivity contribution in [2.24, 2.45) is 5.10 Å². The van der Waals surface area contributed by atoms with Gasteiger partial charge in [0.25, 0.3) is 5.69 Å². The first-order chi connectivity index (χ1) is 9.04. The Bertz CT molecular complexity index is 643. The van der Waals surface area contributed by atoms with Crippen LogP contribution >= 0.6 is 33.9 Å². The summed E-state index contributed by atoms with van der Waals surface area (Å²) in [6.07, 6.45) is 1.49. The zero-order chi connectivity index (χ0) is 13.8. The molecule has 0 aliphatic heterocycles. The first-order valence-corrected chi connectivity index (χ1v) is 6.95. The molecular formula is C10H8IN5O2S. The van der Waals surface area contributed by atoms with Gasteiger partial charge in [-0.3, -0.25) is 15.5 Å². The number of hydrazone groups is 1. The van der Waals surface area contributed by atoms with Crippen molar-refractivity contribution in [3.8, 4) is 0 Å². The standard InChI is InChI=1S/C10H8IN5O2S/c11-7-1-6(2-8(3-7)16(17)18)4-13-15-10-14-9(12)5-19-10/h1-5H,12H2,(H,14,15). The van der Waals surface area contributed by atoms with E-state index in [0.29, 0.717) is 16.5 Å². The molecule has 0 aliphatic rings. The number of aromatic nitrogens is 1. The Kier molecular flexibility index (Phi) is 4.27. The van der Waals surface area contributed by atoms with Crippen molar-refractivity contribution in [2.75, 3.05) is 11.2 Å². The monoisotopic (exact) mass is 389 g/mol.